The van der Waals surface area contributed by atoms with Crippen molar-refractivity contribution in [1.29, 1.82) is 0 Å². The van der Waals surface area contributed by atoms with E-state index in [0.29, 0.717) is 6.54 Å². The molecule has 0 atom stereocenters. The van der Waals surface area contributed by atoms with Crippen molar-refractivity contribution in [3.63, 3.8) is 0 Å². The molecule has 1 saturated carbocycles. The lowest BCUT2D eigenvalue weighted by Gasteiger charge is -2.10. The number of hydrogen-bond acceptors (Lipinski definition) is 4. The molecule has 1 aliphatic carbocycles. The van der Waals surface area contributed by atoms with E-state index in [0.717, 1.165) is 55.1 Å². The van der Waals surface area contributed by atoms with Crippen molar-refractivity contribution < 1.29 is 9.26 Å². The zero-order valence-corrected chi connectivity index (χ0v) is 17.4. The van der Waals surface area contributed by atoms with Crippen molar-refractivity contribution >= 4 is 29.9 Å². The number of nitrogens with zero attached hydrogens (tertiary/aromatic N) is 2. The van der Waals surface area contributed by atoms with Gasteiger partial charge in [0, 0.05) is 38.4 Å². The van der Waals surface area contributed by atoms with Crippen LogP contribution in [0.3, 0.4) is 0 Å². The van der Waals surface area contributed by atoms with Gasteiger partial charge < -0.3 is 19.9 Å². The highest BCUT2D eigenvalue weighted by Crippen LogP contribution is 2.28. The fourth-order valence-corrected chi connectivity index (χ4v) is 2.44. The Morgan fingerprint density at radius 3 is 2.81 bits per heavy atom. The lowest BCUT2D eigenvalue weighted by atomic mass is 10.2. The molecule has 142 valence electrons. The topological polar surface area (TPSA) is 71.7 Å². The highest BCUT2D eigenvalue weighted by Gasteiger charge is 2.20. The Balaban J connectivity index is 0.00000243. The number of nitrogens with one attached hydrogen (secondary N) is 2. The van der Waals surface area contributed by atoms with Gasteiger partial charge in [-0.15, -0.1) is 24.0 Å². The molecule has 0 aliphatic heterocycles. The number of hydrogen-bond donors (Lipinski definition) is 2. The summed E-state index contributed by atoms with van der Waals surface area (Å²) in [6.45, 7) is 3.11. The Hall–Kier alpha value is -1.61. The van der Waals surface area contributed by atoms with Crippen LogP contribution in [0, 0.1) is 5.92 Å². The van der Waals surface area contributed by atoms with Gasteiger partial charge in [0.25, 0.3) is 0 Å². The van der Waals surface area contributed by atoms with Crippen molar-refractivity contribution in [2.75, 3.05) is 26.8 Å². The smallest absolute Gasteiger partial charge is 0.191 e. The molecule has 0 saturated heterocycles. The van der Waals surface area contributed by atoms with Crippen LogP contribution in [0.25, 0.3) is 11.3 Å². The van der Waals surface area contributed by atoms with Crippen LogP contribution in [0.15, 0.2) is 45.9 Å². The van der Waals surface area contributed by atoms with Crippen molar-refractivity contribution in [1.82, 2.24) is 15.8 Å². The minimum atomic E-state index is 0. The van der Waals surface area contributed by atoms with Crippen LogP contribution in [0.4, 0.5) is 0 Å². The molecule has 0 unspecified atom stereocenters. The maximum Gasteiger partial charge on any atom is 0.191 e. The number of guanidine groups is 1. The molecule has 0 amide bonds. The summed E-state index contributed by atoms with van der Waals surface area (Å²) in [6, 6.07) is 11.9. The second-order valence-electron chi connectivity index (χ2n) is 6.27. The quantitative estimate of drug-likeness (QED) is 0.254. The van der Waals surface area contributed by atoms with E-state index in [1.54, 1.807) is 7.05 Å². The summed E-state index contributed by atoms with van der Waals surface area (Å²) < 4.78 is 11.0. The maximum absolute atomic E-state index is 5.62. The molecule has 1 aromatic heterocycles. The third kappa shape index (κ3) is 6.95. The van der Waals surface area contributed by atoms with Crippen molar-refractivity contribution in [2.24, 2.45) is 10.9 Å². The molecule has 0 spiro atoms. The third-order valence-electron chi connectivity index (χ3n) is 4.09. The van der Waals surface area contributed by atoms with Gasteiger partial charge in [-0.2, -0.15) is 0 Å². The summed E-state index contributed by atoms with van der Waals surface area (Å²) in [6.07, 6.45) is 3.64. The van der Waals surface area contributed by atoms with E-state index in [1.165, 1.54) is 12.8 Å². The molecular weight excluding hydrogens is 443 g/mol. The second kappa shape index (κ2) is 11.2. The maximum atomic E-state index is 5.62. The highest BCUT2D eigenvalue weighted by atomic mass is 127. The number of ether oxygens (including phenoxy) is 1. The number of rotatable bonds is 9. The lowest BCUT2D eigenvalue weighted by Crippen LogP contribution is -2.37. The number of aromatic nitrogens is 1. The van der Waals surface area contributed by atoms with Gasteiger partial charge in [0.15, 0.2) is 11.7 Å². The van der Waals surface area contributed by atoms with Gasteiger partial charge in [0.1, 0.15) is 5.69 Å². The molecule has 2 N–H and O–H groups in total. The summed E-state index contributed by atoms with van der Waals surface area (Å²) in [7, 11) is 1.76. The van der Waals surface area contributed by atoms with Gasteiger partial charge in [-0.3, -0.25) is 4.99 Å². The summed E-state index contributed by atoms with van der Waals surface area (Å²) in [5.41, 5.74) is 1.87. The molecule has 3 rings (SSSR count). The summed E-state index contributed by atoms with van der Waals surface area (Å²) in [5, 5.41) is 10.6. The molecular formula is C19H27IN4O2. The Morgan fingerprint density at radius 2 is 2.08 bits per heavy atom. The first-order valence-corrected chi connectivity index (χ1v) is 8.88. The van der Waals surface area contributed by atoms with Crippen LogP contribution in [-0.4, -0.2) is 37.9 Å². The standard InChI is InChI=1S/C19H26N4O2.HI/c1-20-19(21-10-5-11-24-14-15-8-9-15)22-13-17-12-18(25-23-17)16-6-3-2-4-7-16;/h2-4,6-7,12,15H,5,8-11,13-14H2,1H3,(H2,20,21,22);1H. The minimum Gasteiger partial charge on any atom is -0.381 e. The Kier molecular flexibility index (Phi) is 8.90. The predicted molar refractivity (Wildman–Crippen MR) is 114 cm³/mol. The Morgan fingerprint density at radius 1 is 1.27 bits per heavy atom. The first kappa shape index (κ1) is 20.7. The van der Waals surface area contributed by atoms with Crippen molar-refractivity contribution in [2.45, 2.75) is 25.8 Å². The molecule has 1 aliphatic rings. The minimum absolute atomic E-state index is 0. The Bertz CT molecular complexity index is 671. The lowest BCUT2D eigenvalue weighted by molar-refractivity contribution is 0.123. The Labute approximate surface area is 171 Å². The SMILES string of the molecule is CN=C(NCCCOCC1CC1)NCc1cc(-c2ccccc2)on1.I. The molecule has 1 heterocycles. The van der Waals surface area contributed by atoms with E-state index in [-0.39, 0.29) is 24.0 Å². The van der Waals surface area contributed by atoms with E-state index in [1.807, 2.05) is 36.4 Å². The van der Waals surface area contributed by atoms with Crippen molar-refractivity contribution in [3.05, 3.63) is 42.1 Å². The molecule has 0 bridgehead atoms. The fraction of sp³-hybridized carbons (Fsp3) is 0.474. The second-order valence-corrected chi connectivity index (χ2v) is 6.27. The zero-order valence-electron chi connectivity index (χ0n) is 15.1. The van der Waals surface area contributed by atoms with Crippen LogP contribution in [0.1, 0.15) is 25.0 Å². The van der Waals surface area contributed by atoms with E-state index in [2.05, 4.69) is 20.8 Å². The van der Waals surface area contributed by atoms with E-state index in [9.17, 15) is 0 Å². The van der Waals surface area contributed by atoms with Gasteiger partial charge in [-0.05, 0) is 25.2 Å². The van der Waals surface area contributed by atoms with Gasteiger partial charge >= 0.3 is 0 Å². The molecule has 0 radical (unpaired) electrons. The summed E-state index contributed by atoms with van der Waals surface area (Å²) in [4.78, 5) is 4.22. The summed E-state index contributed by atoms with van der Waals surface area (Å²) in [5.74, 6) is 2.35. The first-order chi connectivity index (χ1) is 12.3. The normalized spacial score (nSPS) is 14.0. The molecule has 6 nitrogen and oxygen atoms in total. The number of aliphatic imine (C=N–C) groups is 1. The van der Waals surface area contributed by atoms with E-state index < -0.39 is 0 Å². The average molecular weight is 470 g/mol. The molecule has 1 fully saturated rings. The molecule has 26 heavy (non-hydrogen) atoms. The van der Waals surface area contributed by atoms with Crippen LogP contribution in [0.2, 0.25) is 0 Å². The van der Waals surface area contributed by atoms with Crippen LogP contribution < -0.4 is 10.6 Å². The molecule has 1 aromatic carbocycles. The van der Waals surface area contributed by atoms with E-state index >= 15 is 0 Å². The largest absolute Gasteiger partial charge is 0.381 e. The van der Waals surface area contributed by atoms with E-state index in [4.69, 9.17) is 9.26 Å². The summed E-state index contributed by atoms with van der Waals surface area (Å²) >= 11 is 0. The van der Waals surface area contributed by atoms with Gasteiger partial charge in [-0.25, -0.2) is 0 Å². The predicted octanol–water partition coefficient (Wildman–Crippen LogP) is 3.44. The zero-order chi connectivity index (χ0) is 17.3. The number of halogens is 1. The van der Waals surface area contributed by atoms with Gasteiger partial charge in [0.2, 0.25) is 0 Å². The van der Waals surface area contributed by atoms with Gasteiger partial charge in [0.05, 0.1) is 6.54 Å². The fourth-order valence-electron chi connectivity index (χ4n) is 2.44. The van der Waals surface area contributed by atoms with Crippen LogP contribution in [0.5, 0.6) is 0 Å². The number of benzene rings is 1. The average Bonchev–Trinajstić information content (AvgIpc) is 3.36. The first-order valence-electron chi connectivity index (χ1n) is 8.88. The van der Waals surface area contributed by atoms with Crippen LogP contribution in [-0.2, 0) is 11.3 Å². The van der Waals surface area contributed by atoms with Gasteiger partial charge in [-0.1, -0.05) is 35.5 Å². The molecule has 2 aromatic rings. The van der Waals surface area contributed by atoms with Crippen molar-refractivity contribution in [3.8, 4) is 11.3 Å². The highest BCUT2D eigenvalue weighted by molar-refractivity contribution is 14.0. The molecule has 7 heteroatoms. The monoisotopic (exact) mass is 470 g/mol. The van der Waals surface area contributed by atoms with Crippen LogP contribution >= 0.6 is 24.0 Å². The third-order valence-corrected chi connectivity index (χ3v) is 4.09.